The molecule has 1 fully saturated rings. The maximum atomic E-state index is 12.3. The molecule has 6 nitrogen and oxygen atoms in total. The van der Waals surface area contributed by atoms with Gasteiger partial charge in [0.25, 0.3) is 0 Å². The second kappa shape index (κ2) is 8.10. The van der Waals surface area contributed by atoms with Crippen molar-refractivity contribution >= 4 is 34.1 Å². The van der Waals surface area contributed by atoms with Crippen molar-refractivity contribution in [2.75, 3.05) is 5.32 Å². The average molecular weight is 395 g/mol. The van der Waals surface area contributed by atoms with Crippen molar-refractivity contribution in [3.05, 3.63) is 24.0 Å². The van der Waals surface area contributed by atoms with Gasteiger partial charge in [0, 0.05) is 17.4 Å². The molecular formula is C18H26N4O2S2. The zero-order valence-electron chi connectivity index (χ0n) is 15.4. The normalized spacial score (nSPS) is 20.9. The van der Waals surface area contributed by atoms with E-state index in [1.165, 1.54) is 11.3 Å². The maximum absolute atomic E-state index is 12.3. The molecule has 2 aromatic heterocycles. The molecular weight excluding hydrogens is 368 g/mol. The summed E-state index contributed by atoms with van der Waals surface area (Å²) in [4.78, 5) is 21.0. The molecule has 0 saturated heterocycles. The lowest BCUT2D eigenvalue weighted by Gasteiger charge is -2.24. The van der Waals surface area contributed by atoms with E-state index in [2.05, 4.69) is 36.1 Å². The third-order valence-corrected chi connectivity index (χ3v) is 6.58. The number of thioether (sulfide) groups is 1. The van der Waals surface area contributed by atoms with E-state index >= 15 is 0 Å². The molecule has 2 aromatic rings. The quantitative estimate of drug-likeness (QED) is 0.739. The van der Waals surface area contributed by atoms with Crippen LogP contribution in [0.4, 0.5) is 5.13 Å². The van der Waals surface area contributed by atoms with Crippen LogP contribution in [0.5, 0.6) is 0 Å². The Morgan fingerprint density at radius 3 is 2.69 bits per heavy atom. The summed E-state index contributed by atoms with van der Waals surface area (Å²) < 4.78 is 6.83. The fourth-order valence-electron chi connectivity index (χ4n) is 2.83. The van der Waals surface area contributed by atoms with Crippen LogP contribution in [-0.2, 0) is 16.0 Å². The first kappa shape index (κ1) is 19.4. The molecule has 0 radical (unpaired) electrons. The van der Waals surface area contributed by atoms with Gasteiger partial charge in [0.2, 0.25) is 11.8 Å². The monoisotopic (exact) mass is 394 g/mol. The number of hydrogen-bond donors (Lipinski definition) is 2. The van der Waals surface area contributed by atoms with Gasteiger partial charge in [0.05, 0.1) is 22.4 Å². The minimum Gasteiger partial charge on any atom is -0.444 e. The highest BCUT2D eigenvalue weighted by molar-refractivity contribution is 8.00. The largest absolute Gasteiger partial charge is 0.444 e. The molecule has 1 aliphatic carbocycles. The SMILES string of the molecule is CC(C)(C)c1cnc(CSc2cnc(NC(=O)[C@H]3CC[C@H](N)CC3)s2)o1. The van der Waals surface area contributed by atoms with E-state index in [0.29, 0.717) is 16.8 Å². The summed E-state index contributed by atoms with van der Waals surface area (Å²) in [5.74, 6) is 2.35. The Morgan fingerprint density at radius 2 is 2.04 bits per heavy atom. The Bertz CT molecular complexity index is 742. The zero-order valence-corrected chi connectivity index (χ0v) is 17.1. The standard InChI is InChI=1S/C18H26N4O2S2/c1-18(2,3)13-8-20-14(24-13)10-25-15-9-21-17(26-15)22-16(23)11-4-6-12(19)7-5-11/h8-9,11-12H,4-7,10,19H2,1-3H3,(H,21,22,23)/t11-,12-. The number of carbonyl (C=O) groups excluding carboxylic acids is 1. The number of oxazole rings is 1. The third-order valence-electron chi connectivity index (χ3n) is 4.49. The van der Waals surface area contributed by atoms with Gasteiger partial charge in [-0.2, -0.15) is 0 Å². The van der Waals surface area contributed by atoms with Gasteiger partial charge >= 0.3 is 0 Å². The van der Waals surface area contributed by atoms with Crippen LogP contribution in [0.25, 0.3) is 0 Å². The lowest BCUT2D eigenvalue weighted by Crippen LogP contribution is -2.32. The molecule has 8 heteroatoms. The second-order valence-electron chi connectivity index (χ2n) is 7.74. The van der Waals surface area contributed by atoms with Crippen LogP contribution in [-0.4, -0.2) is 21.9 Å². The Morgan fingerprint density at radius 1 is 1.31 bits per heavy atom. The van der Waals surface area contributed by atoms with Gasteiger partial charge in [0.15, 0.2) is 5.13 Å². The van der Waals surface area contributed by atoms with Gasteiger partial charge < -0.3 is 15.5 Å². The van der Waals surface area contributed by atoms with Crippen LogP contribution in [0.1, 0.15) is 58.1 Å². The molecule has 3 N–H and O–H groups in total. The van der Waals surface area contributed by atoms with Gasteiger partial charge in [-0.1, -0.05) is 32.1 Å². The molecule has 0 aliphatic heterocycles. The van der Waals surface area contributed by atoms with E-state index in [4.69, 9.17) is 10.2 Å². The number of hydrogen-bond acceptors (Lipinski definition) is 7. The second-order valence-corrected chi connectivity index (χ2v) is 10.0. The lowest BCUT2D eigenvalue weighted by atomic mass is 9.86. The van der Waals surface area contributed by atoms with Gasteiger partial charge in [-0.3, -0.25) is 4.79 Å². The Labute approximate surface area is 162 Å². The van der Waals surface area contributed by atoms with E-state index < -0.39 is 0 Å². The molecule has 1 saturated carbocycles. The summed E-state index contributed by atoms with van der Waals surface area (Å²) >= 11 is 3.10. The van der Waals surface area contributed by atoms with Crippen LogP contribution >= 0.6 is 23.1 Å². The van der Waals surface area contributed by atoms with Crippen LogP contribution in [0.3, 0.4) is 0 Å². The van der Waals surface area contributed by atoms with E-state index in [1.54, 1.807) is 24.2 Å². The highest BCUT2D eigenvalue weighted by Crippen LogP contribution is 2.32. The molecule has 3 rings (SSSR count). The van der Waals surface area contributed by atoms with Gasteiger partial charge in [0.1, 0.15) is 5.76 Å². The number of rotatable bonds is 5. The molecule has 0 aromatic carbocycles. The molecule has 26 heavy (non-hydrogen) atoms. The van der Waals surface area contributed by atoms with E-state index in [0.717, 1.165) is 35.7 Å². The van der Waals surface area contributed by atoms with Crippen molar-refractivity contribution in [1.29, 1.82) is 0 Å². The summed E-state index contributed by atoms with van der Waals surface area (Å²) in [5.41, 5.74) is 5.86. The molecule has 0 atom stereocenters. The van der Waals surface area contributed by atoms with E-state index in [-0.39, 0.29) is 23.3 Å². The minimum atomic E-state index is -0.0408. The summed E-state index contributed by atoms with van der Waals surface area (Å²) in [7, 11) is 0. The van der Waals surface area contributed by atoms with Crippen LogP contribution in [0.15, 0.2) is 21.0 Å². The number of nitrogens with zero attached hydrogens (tertiary/aromatic N) is 2. The van der Waals surface area contributed by atoms with Crippen molar-refractivity contribution in [2.45, 2.75) is 67.9 Å². The van der Waals surface area contributed by atoms with Crippen LogP contribution < -0.4 is 11.1 Å². The number of amides is 1. The van der Waals surface area contributed by atoms with Gasteiger partial charge in [-0.05, 0) is 25.7 Å². The highest BCUT2D eigenvalue weighted by atomic mass is 32.2. The predicted molar refractivity (Wildman–Crippen MR) is 105 cm³/mol. The number of aromatic nitrogens is 2. The molecule has 0 unspecified atom stereocenters. The van der Waals surface area contributed by atoms with Crippen molar-refractivity contribution < 1.29 is 9.21 Å². The third kappa shape index (κ3) is 5.08. The van der Waals surface area contributed by atoms with Crippen LogP contribution in [0.2, 0.25) is 0 Å². The minimum absolute atomic E-state index is 0.0408. The summed E-state index contributed by atoms with van der Waals surface area (Å²) in [5, 5.41) is 3.59. The van der Waals surface area contributed by atoms with Crippen molar-refractivity contribution in [3.8, 4) is 0 Å². The Hall–Kier alpha value is -1.38. The number of nitrogens with one attached hydrogen (secondary N) is 1. The van der Waals surface area contributed by atoms with E-state index in [1.807, 2.05) is 0 Å². The van der Waals surface area contributed by atoms with E-state index in [9.17, 15) is 4.79 Å². The van der Waals surface area contributed by atoms with Gasteiger partial charge in [-0.15, -0.1) is 11.8 Å². The number of thiazole rings is 1. The van der Waals surface area contributed by atoms with Crippen LogP contribution in [0, 0.1) is 5.92 Å². The van der Waals surface area contributed by atoms with Crippen molar-refractivity contribution in [2.24, 2.45) is 11.7 Å². The maximum Gasteiger partial charge on any atom is 0.229 e. The topological polar surface area (TPSA) is 94.0 Å². The highest BCUT2D eigenvalue weighted by Gasteiger charge is 2.25. The molecule has 0 spiro atoms. The molecule has 1 amide bonds. The number of nitrogens with two attached hydrogens (primary N) is 1. The Balaban J connectivity index is 1.50. The average Bonchev–Trinajstić information content (AvgIpc) is 3.22. The smallest absolute Gasteiger partial charge is 0.229 e. The Kier molecular flexibility index (Phi) is 6.04. The fourth-order valence-corrected chi connectivity index (χ4v) is 4.56. The molecule has 142 valence electrons. The predicted octanol–water partition coefficient (Wildman–Crippen LogP) is 4.18. The zero-order chi connectivity index (χ0) is 18.7. The fraction of sp³-hybridized carbons (Fsp3) is 0.611. The molecule has 0 bridgehead atoms. The van der Waals surface area contributed by atoms with Crippen molar-refractivity contribution in [3.63, 3.8) is 0 Å². The first-order valence-electron chi connectivity index (χ1n) is 8.91. The van der Waals surface area contributed by atoms with Crippen molar-refractivity contribution in [1.82, 2.24) is 9.97 Å². The summed E-state index contributed by atoms with van der Waals surface area (Å²) in [6.07, 6.45) is 7.15. The summed E-state index contributed by atoms with van der Waals surface area (Å²) in [6, 6.07) is 0.246. The molecule has 1 aliphatic rings. The molecule has 2 heterocycles. The summed E-state index contributed by atoms with van der Waals surface area (Å²) in [6.45, 7) is 6.30. The first-order chi connectivity index (χ1) is 12.3. The lowest BCUT2D eigenvalue weighted by molar-refractivity contribution is -0.120. The van der Waals surface area contributed by atoms with Gasteiger partial charge in [-0.25, -0.2) is 9.97 Å². The number of anilines is 1. The first-order valence-corrected chi connectivity index (χ1v) is 10.7. The number of carbonyl (C=O) groups is 1.